The zero-order valence-electron chi connectivity index (χ0n) is 15.5. The van der Waals surface area contributed by atoms with Crippen LogP contribution in [-0.4, -0.2) is 18.5 Å². The summed E-state index contributed by atoms with van der Waals surface area (Å²) < 4.78 is 0. The second kappa shape index (κ2) is 7.45. The van der Waals surface area contributed by atoms with Crippen LogP contribution in [0.25, 0.3) is 0 Å². The molecule has 0 N–H and O–H groups in total. The van der Waals surface area contributed by atoms with E-state index < -0.39 is 0 Å². The van der Waals surface area contributed by atoms with E-state index in [2.05, 4.69) is 72.5 Å². The molecule has 1 unspecified atom stereocenters. The lowest BCUT2D eigenvalue weighted by molar-refractivity contribution is 0.274. The third-order valence-corrected chi connectivity index (χ3v) is 4.63. The Morgan fingerprint density at radius 1 is 1.10 bits per heavy atom. The maximum absolute atomic E-state index is 2.47. The van der Waals surface area contributed by atoms with Gasteiger partial charge in [-0.3, -0.25) is 0 Å². The van der Waals surface area contributed by atoms with E-state index in [1.165, 1.54) is 35.2 Å². The minimum atomic E-state index is 0.224. The average molecular weight is 290 g/mol. The standard InChI is InChI=1S/C20H35N/c1-9-15(3)13-21(8)14-18-12-19(20(5,6)7)11-17(10-2)16(18)4/h11-12,15H,9-10,13-14H2,1-8H3. The molecule has 0 aliphatic heterocycles. The summed E-state index contributed by atoms with van der Waals surface area (Å²) in [5, 5.41) is 0. The first kappa shape index (κ1) is 18.2. The maximum Gasteiger partial charge on any atom is 0.0233 e. The Morgan fingerprint density at radius 3 is 2.14 bits per heavy atom. The van der Waals surface area contributed by atoms with Crippen molar-refractivity contribution in [2.24, 2.45) is 5.92 Å². The zero-order chi connectivity index (χ0) is 16.2. The van der Waals surface area contributed by atoms with Gasteiger partial charge in [0.2, 0.25) is 0 Å². The average Bonchev–Trinajstić information content (AvgIpc) is 2.39. The van der Waals surface area contributed by atoms with Crippen molar-refractivity contribution in [1.29, 1.82) is 0 Å². The topological polar surface area (TPSA) is 3.24 Å². The number of aryl methyl sites for hydroxylation is 1. The van der Waals surface area contributed by atoms with Crippen molar-refractivity contribution in [2.75, 3.05) is 13.6 Å². The Bertz CT molecular complexity index is 454. The minimum absolute atomic E-state index is 0.224. The molecule has 1 aromatic carbocycles. The molecule has 1 rings (SSSR count). The van der Waals surface area contributed by atoms with Crippen LogP contribution < -0.4 is 0 Å². The first-order chi connectivity index (χ1) is 9.68. The van der Waals surface area contributed by atoms with Crippen molar-refractivity contribution in [3.63, 3.8) is 0 Å². The molecule has 1 heteroatoms. The quantitative estimate of drug-likeness (QED) is 0.684. The van der Waals surface area contributed by atoms with E-state index in [0.717, 1.165) is 18.9 Å². The third-order valence-electron chi connectivity index (χ3n) is 4.63. The van der Waals surface area contributed by atoms with Gasteiger partial charge >= 0.3 is 0 Å². The van der Waals surface area contributed by atoms with E-state index >= 15 is 0 Å². The summed E-state index contributed by atoms with van der Waals surface area (Å²) in [7, 11) is 2.25. The van der Waals surface area contributed by atoms with E-state index in [1.54, 1.807) is 0 Å². The normalized spacial score (nSPS) is 13.8. The predicted octanol–water partition coefficient (Wildman–Crippen LogP) is 5.33. The van der Waals surface area contributed by atoms with Gasteiger partial charge < -0.3 is 4.90 Å². The highest BCUT2D eigenvalue weighted by atomic mass is 15.1. The number of hydrogen-bond acceptors (Lipinski definition) is 1. The zero-order valence-corrected chi connectivity index (χ0v) is 15.5. The van der Waals surface area contributed by atoms with Crippen molar-refractivity contribution in [2.45, 2.75) is 73.3 Å². The maximum atomic E-state index is 2.47. The molecule has 21 heavy (non-hydrogen) atoms. The highest BCUT2D eigenvalue weighted by Gasteiger charge is 2.17. The first-order valence-electron chi connectivity index (χ1n) is 8.50. The van der Waals surface area contributed by atoms with E-state index in [-0.39, 0.29) is 5.41 Å². The molecule has 0 saturated heterocycles. The summed E-state index contributed by atoms with van der Waals surface area (Å²) in [5.41, 5.74) is 6.19. The number of hydrogen-bond donors (Lipinski definition) is 0. The molecular weight excluding hydrogens is 254 g/mol. The monoisotopic (exact) mass is 289 g/mol. The fourth-order valence-corrected chi connectivity index (χ4v) is 2.82. The molecule has 0 saturated carbocycles. The largest absolute Gasteiger partial charge is 0.302 e. The van der Waals surface area contributed by atoms with Gasteiger partial charge in [-0.1, -0.05) is 60.1 Å². The summed E-state index contributed by atoms with van der Waals surface area (Å²) in [6.07, 6.45) is 2.38. The van der Waals surface area contributed by atoms with Gasteiger partial charge in [0.05, 0.1) is 0 Å². The Kier molecular flexibility index (Phi) is 6.46. The summed E-state index contributed by atoms with van der Waals surface area (Å²) in [6.45, 7) is 18.3. The lowest BCUT2D eigenvalue weighted by Crippen LogP contribution is -2.25. The summed E-state index contributed by atoms with van der Waals surface area (Å²) in [4.78, 5) is 2.47. The van der Waals surface area contributed by atoms with Crippen molar-refractivity contribution in [1.82, 2.24) is 4.90 Å². The van der Waals surface area contributed by atoms with Gasteiger partial charge in [0.25, 0.3) is 0 Å². The van der Waals surface area contributed by atoms with Gasteiger partial charge in [-0.2, -0.15) is 0 Å². The van der Waals surface area contributed by atoms with Gasteiger partial charge in [0.1, 0.15) is 0 Å². The Balaban J connectivity index is 3.05. The SMILES string of the molecule is CCc1cc(C(C)(C)C)cc(CN(C)CC(C)CC)c1C. The van der Waals surface area contributed by atoms with Gasteiger partial charge in [-0.05, 0) is 54.0 Å². The predicted molar refractivity (Wildman–Crippen MR) is 95.0 cm³/mol. The Hall–Kier alpha value is -0.820. The lowest BCUT2D eigenvalue weighted by Gasteiger charge is -2.26. The van der Waals surface area contributed by atoms with Crippen LogP contribution in [0.2, 0.25) is 0 Å². The smallest absolute Gasteiger partial charge is 0.0233 e. The van der Waals surface area contributed by atoms with Crippen LogP contribution in [0, 0.1) is 12.8 Å². The molecule has 0 radical (unpaired) electrons. The van der Waals surface area contributed by atoms with Gasteiger partial charge in [-0.25, -0.2) is 0 Å². The van der Waals surface area contributed by atoms with Gasteiger partial charge in [0, 0.05) is 13.1 Å². The van der Waals surface area contributed by atoms with Crippen LogP contribution in [0.1, 0.15) is 70.2 Å². The molecule has 0 aliphatic carbocycles. The van der Waals surface area contributed by atoms with Crippen LogP contribution in [-0.2, 0) is 18.4 Å². The highest BCUT2D eigenvalue weighted by molar-refractivity contribution is 5.41. The van der Waals surface area contributed by atoms with E-state index in [9.17, 15) is 0 Å². The number of rotatable bonds is 6. The van der Waals surface area contributed by atoms with Crippen LogP contribution in [0.4, 0.5) is 0 Å². The molecule has 0 spiro atoms. The Labute approximate surface area is 132 Å². The molecule has 0 amide bonds. The van der Waals surface area contributed by atoms with Crippen LogP contribution in [0.15, 0.2) is 12.1 Å². The highest BCUT2D eigenvalue weighted by Crippen LogP contribution is 2.28. The third kappa shape index (κ3) is 5.14. The summed E-state index contributed by atoms with van der Waals surface area (Å²) in [6, 6.07) is 4.84. The van der Waals surface area contributed by atoms with E-state index in [0.29, 0.717) is 0 Å². The Morgan fingerprint density at radius 2 is 1.67 bits per heavy atom. The van der Waals surface area contributed by atoms with Crippen molar-refractivity contribution >= 4 is 0 Å². The molecule has 1 atom stereocenters. The molecule has 120 valence electrons. The van der Waals surface area contributed by atoms with Gasteiger partial charge in [-0.15, -0.1) is 0 Å². The number of nitrogens with zero attached hydrogens (tertiary/aromatic N) is 1. The number of benzene rings is 1. The fourth-order valence-electron chi connectivity index (χ4n) is 2.82. The fraction of sp³-hybridized carbons (Fsp3) is 0.700. The molecule has 0 bridgehead atoms. The minimum Gasteiger partial charge on any atom is -0.302 e. The van der Waals surface area contributed by atoms with E-state index in [4.69, 9.17) is 0 Å². The van der Waals surface area contributed by atoms with Crippen molar-refractivity contribution in [3.8, 4) is 0 Å². The van der Waals surface area contributed by atoms with E-state index in [1.807, 2.05) is 0 Å². The molecule has 0 heterocycles. The second-order valence-electron chi connectivity index (χ2n) is 7.73. The molecule has 1 nitrogen and oxygen atoms in total. The van der Waals surface area contributed by atoms with Crippen LogP contribution in [0.5, 0.6) is 0 Å². The molecule has 0 aromatic heterocycles. The van der Waals surface area contributed by atoms with Crippen molar-refractivity contribution < 1.29 is 0 Å². The summed E-state index contributed by atoms with van der Waals surface area (Å²) in [5.74, 6) is 0.770. The summed E-state index contributed by atoms with van der Waals surface area (Å²) >= 11 is 0. The molecule has 0 aliphatic rings. The first-order valence-corrected chi connectivity index (χ1v) is 8.50. The van der Waals surface area contributed by atoms with Crippen LogP contribution in [0.3, 0.4) is 0 Å². The lowest BCUT2D eigenvalue weighted by atomic mass is 9.83. The van der Waals surface area contributed by atoms with Crippen LogP contribution >= 0.6 is 0 Å². The van der Waals surface area contributed by atoms with Gasteiger partial charge in [0.15, 0.2) is 0 Å². The molecule has 0 fully saturated rings. The molecular formula is C20H35N. The van der Waals surface area contributed by atoms with Crippen molar-refractivity contribution in [3.05, 3.63) is 34.4 Å². The second-order valence-corrected chi connectivity index (χ2v) is 7.73. The molecule has 1 aromatic rings.